The van der Waals surface area contributed by atoms with Crippen LogP contribution in [-0.2, 0) is 25.5 Å². The number of carboxylic acid groups (broad SMARTS) is 1. The molecule has 0 saturated heterocycles. The molecule has 0 aliphatic carbocycles. The second-order valence-electron chi connectivity index (χ2n) is 7.19. The SMILES string of the molecule is CC(C)(C)OC(=O)N[C@@H](COC(F)F)C(=O)C[C@@H](Cc1ccccc1)C(=O)O. The Balaban J connectivity index is 2.83. The summed E-state index contributed by atoms with van der Waals surface area (Å²) in [7, 11) is 0. The molecule has 28 heavy (non-hydrogen) atoms. The molecular formula is C19H25F2NO6. The topological polar surface area (TPSA) is 102 Å². The molecule has 0 fully saturated rings. The quantitative estimate of drug-likeness (QED) is 0.625. The van der Waals surface area contributed by atoms with Crippen LogP contribution in [0.25, 0.3) is 0 Å². The molecule has 0 unspecified atom stereocenters. The number of Topliss-reactive ketones (excluding diaryl/α,β-unsaturated/α-hetero) is 1. The number of benzene rings is 1. The van der Waals surface area contributed by atoms with Crippen LogP contribution < -0.4 is 5.32 Å². The number of ketones is 1. The molecule has 0 saturated carbocycles. The molecule has 0 bridgehead atoms. The number of aliphatic carboxylic acids is 1. The minimum absolute atomic E-state index is 0.0801. The Kier molecular flexibility index (Phi) is 8.98. The summed E-state index contributed by atoms with van der Waals surface area (Å²) in [5, 5.41) is 11.6. The van der Waals surface area contributed by atoms with Crippen LogP contribution in [0, 0.1) is 5.92 Å². The van der Waals surface area contributed by atoms with E-state index < -0.39 is 55.0 Å². The fraction of sp³-hybridized carbons (Fsp3) is 0.526. The van der Waals surface area contributed by atoms with E-state index in [1.54, 1.807) is 51.1 Å². The molecule has 2 N–H and O–H groups in total. The number of hydrogen-bond acceptors (Lipinski definition) is 5. The smallest absolute Gasteiger partial charge is 0.408 e. The minimum atomic E-state index is -3.14. The average Bonchev–Trinajstić information content (AvgIpc) is 2.56. The standard InChI is InChI=1S/C19H25F2NO6/c1-19(2,3)28-18(26)22-14(11-27-17(20)21)15(23)10-13(16(24)25)9-12-7-5-4-6-8-12/h4-8,13-14,17H,9-11H2,1-3H3,(H,22,26)(H,24,25)/t13-,14+/m1/s1. The Hall–Kier alpha value is -2.55. The zero-order valence-electron chi connectivity index (χ0n) is 16.0. The van der Waals surface area contributed by atoms with E-state index in [1.165, 1.54) is 0 Å². The van der Waals surface area contributed by atoms with E-state index >= 15 is 0 Å². The van der Waals surface area contributed by atoms with Crippen molar-refractivity contribution in [2.45, 2.75) is 51.9 Å². The Bertz CT molecular complexity index is 660. The number of carbonyl (C=O) groups excluding carboxylic acids is 2. The van der Waals surface area contributed by atoms with Gasteiger partial charge in [-0.3, -0.25) is 9.59 Å². The molecule has 0 heterocycles. The van der Waals surface area contributed by atoms with Crippen LogP contribution in [0.2, 0.25) is 0 Å². The van der Waals surface area contributed by atoms with Crippen molar-refractivity contribution in [3.05, 3.63) is 35.9 Å². The third kappa shape index (κ3) is 9.40. The van der Waals surface area contributed by atoms with Crippen molar-refractivity contribution in [2.24, 2.45) is 5.92 Å². The van der Waals surface area contributed by atoms with Crippen LogP contribution in [0.3, 0.4) is 0 Å². The largest absolute Gasteiger partial charge is 0.481 e. The fourth-order valence-corrected chi connectivity index (χ4v) is 2.36. The van der Waals surface area contributed by atoms with E-state index in [0.29, 0.717) is 5.56 Å². The van der Waals surface area contributed by atoms with Crippen molar-refractivity contribution in [1.82, 2.24) is 5.32 Å². The summed E-state index contributed by atoms with van der Waals surface area (Å²) in [6.07, 6.45) is -1.37. The number of carbonyl (C=O) groups is 3. The zero-order valence-corrected chi connectivity index (χ0v) is 16.0. The third-order valence-corrected chi connectivity index (χ3v) is 3.59. The number of carboxylic acids is 1. The van der Waals surface area contributed by atoms with Gasteiger partial charge in [0.15, 0.2) is 5.78 Å². The first kappa shape index (κ1) is 23.5. The molecule has 0 aromatic heterocycles. The summed E-state index contributed by atoms with van der Waals surface area (Å²) in [6.45, 7) is 0.848. The number of ether oxygens (including phenoxy) is 2. The summed E-state index contributed by atoms with van der Waals surface area (Å²) in [5.74, 6) is -3.03. The van der Waals surface area contributed by atoms with Gasteiger partial charge in [-0.15, -0.1) is 0 Å². The van der Waals surface area contributed by atoms with Crippen molar-refractivity contribution in [3.63, 3.8) is 0 Å². The van der Waals surface area contributed by atoms with Gasteiger partial charge in [0.25, 0.3) is 0 Å². The predicted octanol–water partition coefficient (Wildman–Crippen LogP) is 3.02. The first-order valence-corrected chi connectivity index (χ1v) is 8.66. The molecule has 0 spiro atoms. The number of hydrogen-bond donors (Lipinski definition) is 2. The van der Waals surface area contributed by atoms with E-state index in [9.17, 15) is 28.3 Å². The van der Waals surface area contributed by atoms with Crippen LogP contribution >= 0.6 is 0 Å². The van der Waals surface area contributed by atoms with Gasteiger partial charge in [0.05, 0.1) is 12.5 Å². The van der Waals surface area contributed by atoms with Crippen molar-refractivity contribution < 1.29 is 37.7 Å². The van der Waals surface area contributed by atoms with E-state index in [1.807, 2.05) is 0 Å². The number of amides is 1. The normalized spacial score (nSPS) is 13.6. The van der Waals surface area contributed by atoms with E-state index in [0.717, 1.165) is 0 Å². The molecule has 0 aliphatic rings. The highest BCUT2D eigenvalue weighted by Gasteiger charge is 2.30. The Labute approximate surface area is 162 Å². The maximum Gasteiger partial charge on any atom is 0.408 e. The highest BCUT2D eigenvalue weighted by atomic mass is 19.3. The summed E-state index contributed by atoms with van der Waals surface area (Å²) in [6, 6.07) is 7.22. The number of halogens is 2. The van der Waals surface area contributed by atoms with Gasteiger partial charge in [-0.25, -0.2) is 4.79 Å². The maximum absolute atomic E-state index is 12.5. The molecule has 1 aromatic rings. The van der Waals surface area contributed by atoms with Crippen molar-refractivity contribution in [2.75, 3.05) is 6.61 Å². The lowest BCUT2D eigenvalue weighted by molar-refractivity contribution is -0.148. The van der Waals surface area contributed by atoms with Crippen LogP contribution in [0.1, 0.15) is 32.8 Å². The molecule has 1 amide bonds. The second-order valence-corrected chi connectivity index (χ2v) is 7.19. The number of alkyl halides is 2. The third-order valence-electron chi connectivity index (χ3n) is 3.59. The average molecular weight is 401 g/mol. The zero-order chi connectivity index (χ0) is 21.3. The van der Waals surface area contributed by atoms with Gasteiger partial charge in [0.2, 0.25) is 0 Å². The molecule has 1 aromatic carbocycles. The summed E-state index contributed by atoms with van der Waals surface area (Å²) in [4.78, 5) is 35.9. The highest BCUT2D eigenvalue weighted by molar-refractivity contribution is 5.90. The lowest BCUT2D eigenvalue weighted by atomic mass is 9.92. The van der Waals surface area contributed by atoms with Crippen LogP contribution in [0.4, 0.5) is 13.6 Å². The van der Waals surface area contributed by atoms with Gasteiger partial charge in [-0.2, -0.15) is 8.78 Å². The lowest BCUT2D eigenvalue weighted by Gasteiger charge is -2.23. The predicted molar refractivity (Wildman–Crippen MR) is 96.0 cm³/mol. The molecule has 7 nitrogen and oxygen atoms in total. The van der Waals surface area contributed by atoms with E-state index in [2.05, 4.69) is 10.1 Å². The molecule has 9 heteroatoms. The second kappa shape index (κ2) is 10.7. The van der Waals surface area contributed by atoms with Crippen molar-refractivity contribution in [3.8, 4) is 0 Å². The molecule has 2 atom stereocenters. The number of rotatable bonds is 10. The Morgan fingerprint density at radius 3 is 2.25 bits per heavy atom. The fourth-order valence-electron chi connectivity index (χ4n) is 2.36. The lowest BCUT2D eigenvalue weighted by Crippen LogP contribution is -2.47. The van der Waals surface area contributed by atoms with Crippen LogP contribution in [0.5, 0.6) is 0 Å². The number of nitrogens with one attached hydrogen (secondary N) is 1. The van der Waals surface area contributed by atoms with Gasteiger partial charge in [-0.1, -0.05) is 30.3 Å². The van der Waals surface area contributed by atoms with Crippen LogP contribution in [0.15, 0.2) is 30.3 Å². The van der Waals surface area contributed by atoms with Gasteiger partial charge < -0.3 is 19.9 Å². The van der Waals surface area contributed by atoms with E-state index in [-0.39, 0.29) is 6.42 Å². The van der Waals surface area contributed by atoms with Gasteiger partial charge >= 0.3 is 18.7 Å². The molecule has 1 rings (SSSR count). The molecule has 156 valence electrons. The van der Waals surface area contributed by atoms with Crippen molar-refractivity contribution in [1.29, 1.82) is 0 Å². The van der Waals surface area contributed by atoms with Crippen molar-refractivity contribution >= 4 is 17.8 Å². The van der Waals surface area contributed by atoms with E-state index in [4.69, 9.17) is 4.74 Å². The minimum Gasteiger partial charge on any atom is -0.481 e. The first-order chi connectivity index (χ1) is 13.0. The monoisotopic (exact) mass is 401 g/mol. The molecule has 0 radical (unpaired) electrons. The highest BCUT2D eigenvalue weighted by Crippen LogP contribution is 2.15. The van der Waals surface area contributed by atoms with Gasteiger partial charge in [0.1, 0.15) is 11.6 Å². The number of alkyl carbamates (subject to hydrolysis) is 1. The summed E-state index contributed by atoms with van der Waals surface area (Å²) < 4.78 is 33.9. The molecular weight excluding hydrogens is 376 g/mol. The first-order valence-electron chi connectivity index (χ1n) is 8.66. The van der Waals surface area contributed by atoms with Crippen LogP contribution in [-0.4, -0.2) is 47.8 Å². The Morgan fingerprint density at radius 1 is 1.14 bits per heavy atom. The summed E-state index contributed by atoms with van der Waals surface area (Å²) in [5.41, 5.74) is -0.152. The van der Waals surface area contributed by atoms with Gasteiger partial charge in [-0.05, 0) is 32.8 Å². The maximum atomic E-state index is 12.5. The molecule has 0 aliphatic heterocycles. The Morgan fingerprint density at radius 2 is 1.75 bits per heavy atom. The summed E-state index contributed by atoms with van der Waals surface area (Å²) >= 11 is 0. The van der Waals surface area contributed by atoms with Gasteiger partial charge in [0, 0.05) is 6.42 Å².